The Bertz CT molecular complexity index is 594. The van der Waals surface area contributed by atoms with Crippen LogP contribution in [0.15, 0.2) is 24.3 Å². The smallest absolute Gasteiger partial charge is 0.261 e. The van der Waals surface area contributed by atoms with Crippen LogP contribution in [0.1, 0.15) is 85.4 Å². The first-order valence-corrected chi connectivity index (χ1v) is 10.7. The van der Waals surface area contributed by atoms with E-state index in [0.29, 0.717) is 17.7 Å². The summed E-state index contributed by atoms with van der Waals surface area (Å²) in [4.78, 5) is 36.7. The number of fused-ring (bicyclic) bond motifs is 1. The monoisotopic (exact) mass is 375 g/mol. The summed E-state index contributed by atoms with van der Waals surface area (Å²) < 4.78 is 0. The number of carbonyl (C=O) groups excluding carboxylic acids is 3. The summed E-state index contributed by atoms with van der Waals surface area (Å²) in [6.45, 7) is 2.15. The second-order valence-electron chi connectivity index (χ2n) is 6.83. The van der Waals surface area contributed by atoms with Crippen molar-refractivity contribution >= 4 is 28.7 Å². The summed E-state index contributed by atoms with van der Waals surface area (Å²) in [5.41, 5.74) is 1.08. The Morgan fingerprint density at radius 3 is 1.77 bits per heavy atom. The third-order valence-corrected chi connectivity index (χ3v) is 5.61. The van der Waals surface area contributed by atoms with Gasteiger partial charge in [0.25, 0.3) is 11.8 Å². The van der Waals surface area contributed by atoms with E-state index in [1.807, 2.05) is 0 Å². The van der Waals surface area contributed by atoms with Gasteiger partial charge < -0.3 is 0 Å². The molecule has 5 heteroatoms. The van der Waals surface area contributed by atoms with Gasteiger partial charge in [-0.25, -0.2) is 0 Å². The first-order valence-electron chi connectivity index (χ1n) is 9.70. The maximum Gasteiger partial charge on any atom is 0.261 e. The maximum absolute atomic E-state index is 12.2. The lowest BCUT2D eigenvalue weighted by molar-refractivity contribution is -0.109. The average Bonchev–Trinajstić information content (AvgIpc) is 2.87. The number of nitrogens with zero attached hydrogens (tertiary/aromatic N) is 1. The van der Waals surface area contributed by atoms with Gasteiger partial charge in [-0.3, -0.25) is 19.3 Å². The molecule has 0 radical (unpaired) electrons. The van der Waals surface area contributed by atoms with Gasteiger partial charge in [-0.05, 0) is 25.0 Å². The van der Waals surface area contributed by atoms with E-state index in [9.17, 15) is 14.4 Å². The Labute approximate surface area is 160 Å². The molecule has 0 aromatic heterocycles. The lowest BCUT2D eigenvalue weighted by Crippen LogP contribution is -2.30. The average molecular weight is 376 g/mol. The Morgan fingerprint density at radius 1 is 0.808 bits per heavy atom. The Hall–Kier alpha value is -1.62. The van der Waals surface area contributed by atoms with Crippen molar-refractivity contribution in [3.05, 3.63) is 35.4 Å². The van der Waals surface area contributed by atoms with Gasteiger partial charge >= 0.3 is 0 Å². The third kappa shape index (κ3) is 6.27. The van der Waals surface area contributed by atoms with Crippen molar-refractivity contribution in [1.82, 2.24) is 4.90 Å². The summed E-state index contributed by atoms with van der Waals surface area (Å²) >= 11 is 1.42. The van der Waals surface area contributed by atoms with Crippen LogP contribution in [0.5, 0.6) is 0 Å². The fourth-order valence-corrected chi connectivity index (χ4v) is 3.90. The standard InChI is InChI=1S/C21H29NO3S/c1-17(23)26-16-12-8-6-4-2-3-5-7-11-15-22-20(24)18-13-9-10-14-19(18)21(22)25/h9-10,13-14H,2-8,11-12,15-16H2,1H3. The highest BCUT2D eigenvalue weighted by Gasteiger charge is 2.34. The summed E-state index contributed by atoms with van der Waals surface area (Å²) in [6, 6.07) is 7.06. The molecule has 0 spiro atoms. The maximum atomic E-state index is 12.2. The van der Waals surface area contributed by atoms with Crippen LogP contribution in [0.3, 0.4) is 0 Å². The van der Waals surface area contributed by atoms with E-state index in [4.69, 9.17) is 0 Å². The molecule has 2 amide bonds. The molecule has 0 saturated heterocycles. The minimum atomic E-state index is -0.145. The highest BCUT2D eigenvalue weighted by molar-refractivity contribution is 8.13. The molecule has 1 aliphatic rings. The SMILES string of the molecule is CC(=O)SCCCCCCCCCCCN1C(=O)c2ccccc2C1=O. The molecule has 1 aromatic carbocycles. The normalized spacial score (nSPS) is 13.3. The van der Waals surface area contributed by atoms with Crippen LogP contribution >= 0.6 is 11.8 Å². The van der Waals surface area contributed by atoms with Gasteiger partial charge in [0.05, 0.1) is 11.1 Å². The molecular weight excluding hydrogens is 346 g/mol. The minimum Gasteiger partial charge on any atom is -0.288 e. The number of amides is 2. The number of thioether (sulfide) groups is 1. The van der Waals surface area contributed by atoms with Crippen molar-refractivity contribution in [3.8, 4) is 0 Å². The van der Waals surface area contributed by atoms with Crippen LogP contribution in [-0.4, -0.2) is 34.1 Å². The van der Waals surface area contributed by atoms with E-state index in [1.54, 1.807) is 31.2 Å². The predicted octanol–water partition coefficient (Wildman–Crippen LogP) is 5.07. The Morgan fingerprint density at radius 2 is 1.27 bits per heavy atom. The van der Waals surface area contributed by atoms with Gasteiger partial charge in [-0.15, -0.1) is 0 Å². The summed E-state index contributed by atoms with van der Waals surface area (Å²) in [7, 11) is 0. The zero-order valence-electron chi connectivity index (χ0n) is 15.7. The van der Waals surface area contributed by atoms with E-state index < -0.39 is 0 Å². The molecule has 0 fully saturated rings. The van der Waals surface area contributed by atoms with Crippen molar-refractivity contribution in [1.29, 1.82) is 0 Å². The summed E-state index contributed by atoms with van der Waals surface area (Å²) in [5, 5.41) is 0.214. The number of carbonyl (C=O) groups is 3. The van der Waals surface area contributed by atoms with Gasteiger partial charge in [-0.1, -0.05) is 68.8 Å². The second kappa shape index (κ2) is 11.2. The Kier molecular flexibility index (Phi) is 8.89. The number of rotatable bonds is 12. The lowest BCUT2D eigenvalue weighted by Gasteiger charge is -2.13. The Balaban J connectivity index is 1.47. The van der Waals surface area contributed by atoms with Gasteiger partial charge in [0.2, 0.25) is 0 Å². The quantitative estimate of drug-likeness (QED) is 0.378. The fraction of sp³-hybridized carbons (Fsp3) is 0.571. The molecule has 1 heterocycles. The van der Waals surface area contributed by atoms with E-state index in [0.717, 1.165) is 31.4 Å². The van der Waals surface area contributed by atoms with Crippen LogP contribution in [0.25, 0.3) is 0 Å². The minimum absolute atomic E-state index is 0.145. The number of hydrogen-bond acceptors (Lipinski definition) is 4. The van der Waals surface area contributed by atoms with E-state index in [2.05, 4.69) is 0 Å². The van der Waals surface area contributed by atoms with E-state index in [1.165, 1.54) is 48.8 Å². The highest BCUT2D eigenvalue weighted by atomic mass is 32.2. The van der Waals surface area contributed by atoms with Crippen LogP contribution < -0.4 is 0 Å². The second-order valence-corrected chi connectivity index (χ2v) is 8.10. The third-order valence-electron chi connectivity index (χ3n) is 4.71. The van der Waals surface area contributed by atoms with E-state index >= 15 is 0 Å². The van der Waals surface area contributed by atoms with Crippen molar-refractivity contribution < 1.29 is 14.4 Å². The highest BCUT2D eigenvalue weighted by Crippen LogP contribution is 2.23. The topological polar surface area (TPSA) is 54.5 Å². The zero-order chi connectivity index (χ0) is 18.8. The molecule has 0 bridgehead atoms. The van der Waals surface area contributed by atoms with Crippen LogP contribution in [0, 0.1) is 0 Å². The van der Waals surface area contributed by atoms with E-state index in [-0.39, 0.29) is 16.9 Å². The largest absolute Gasteiger partial charge is 0.288 e. The first kappa shape index (κ1) is 20.7. The molecule has 26 heavy (non-hydrogen) atoms. The zero-order valence-corrected chi connectivity index (χ0v) is 16.5. The number of hydrogen-bond donors (Lipinski definition) is 0. The van der Waals surface area contributed by atoms with Crippen molar-refractivity contribution in [2.24, 2.45) is 0 Å². The molecule has 0 aliphatic carbocycles. The molecule has 0 saturated carbocycles. The number of imide groups is 1. The molecule has 0 unspecified atom stereocenters. The molecule has 2 rings (SSSR count). The molecular formula is C21H29NO3S. The number of benzene rings is 1. The molecule has 0 atom stereocenters. The molecule has 142 valence electrons. The van der Waals surface area contributed by atoms with Crippen molar-refractivity contribution in [3.63, 3.8) is 0 Å². The molecule has 0 N–H and O–H groups in total. The van der Waals surface area contributed by atoms with Gasteiger partial charge in [0.1, 0.15) is 0 Å². The van der Waals surface area contributed by atoms with Crippen molar-refractivity contribution in [2.45, 2.75) is 64.7 Å². The molecule has 1 aromatic rings. The van der Waals surface area contributed by atoms with Crippen molar-refractivity contribution in [2.75, 3.05) is 12.3 Å². The van der Waals surface area contributed by atoms with Crippen LogP contribution in [0.4, 0.5) is 0 Å². The predicted molar refractivity (Wildman–Crippen MR) is 107 cm³/mol. The summed E-state index contributed by atoms with van der Waals surface area (Å²) in [5.74, 6) is 0.662. The molecule has 4 nitrogen and oxygen atoms in total. The van der Waals surface area contributed by atoms with Gasteiger partial charge in [-0.2, -0.15) is 0 Å². The summed E-state index contributed by atoms with van der Waals surface area (Å²) in [6.07, 6.45) is 10.4. The van der Waals surface area contributed by atoms with Crippen LogP contribution in [0.2, 0.25) is 0 Å². The molecule has 1 aliphatic heterocycles. The number of unbranched alkanes of at least 4 members (excludes halogenated alkanes) is 8. The van der Waals surface area contributed by atoms with Crippen LogP contribution in [-0.2, 0) is 4.79 Å². The fourth-order valence-electron chi connectivity index (χ4n) is 3.27. The first-order chi connectivity index (χ1) is 12.6. The lowest BCUT2D eigenvalue weighted by atomic mass is 10.1. The van der Waals surface area contributed by atoms with Gasteiger partial charge in [0, 0.05) is 19.2 Å². The van der Waals surface area contributed by atoms with Gasteiger partial charge in [0.15, 0.2) is 5.12 Å².